The lowest BCUT2D eigenvalue weighted by atomic mass is 9.71. The van der Waals surface area contributed by atoms with Crippen LogP contribution in [0.4, 0.5) is 0 Å². The van der Waals surface area contributed by atoms with E-state index in [0.717, 1.165) is 27.0 Å². The highest BCUT2D eigenvalue weighted by Crippen LogP contribution is 2.49. The van der Waals surface area contributed by atoms with Crippen molar-refractivity contribution in [3.63, 3.8) is 0 Å². The maximum absolute atomic E-state index is 16.1. The molecule has 244 valence electrons. The topological polar surface area (TPSA) is 17.1 Å². The Balaban J connectivity index is 1.07. The molecule has 0 amide bonds. The number of benzene rings is 9. The largest absolute Gasteiger partial charge is 0.309 e. The third-order valence-corrected chi connectivity index (χ3v) is 14.7. The average molecular weight is 681 g/mol. The molecule has 0 aliphatic heterocycles. The second kappa shape index (κ2) is 11.2. The van der Waals surface area contributed by atoms with Crippen LogP contribution in [0.15, 0.2) is 176 Å². The third-order valence-electron chi connectivity index (χ3n) is 11.6. The molecule has 2 aliphatic rings. The van der Waals surface area contributed by atoms with Crippen molar-refractivity contribution in [1.82, 2.24) is 0 Å². The van der Waals surface area contributed by atoms with Crippen molar-refractivity contribution >= 4 is 78.3 Å². The Morgan fingerprint density at radius 1 is 0.423 bits per heavy atom. The molecule has 0 radical (unpaired) electrons. The van der Waals surface area contributed by atoms with E-state index >= 15 is 4.57 Å². The van der Waals surface area contributed by atoms with Gasteiger partial charge in [-0.3, -0.25) is 0 Å². The van der Waals surface area contributed by atoms with Crippen LogP contribution >= 0.6 is 7.14 Å². The molecule has 0 saturated heterocycles. The molecule has 0 heterocycles. The Bertz CT molecular complexity index is 2990. The van der Waals surface area contributed by atoms with Crippen molar-refractivity contribution < 1.29 is 4.57 Å². The van der Waals surface area contributed by atoms with Gasteiger partial charge in [0.2, 0.25) is 0 Å². The predicted molar refractivity (Wildman–Crippen MR) is 222 cm³/mol. The molecule has 3 atom stereocenters. The van der Waals surface area contributed by atoms with Crippen molar-refractivity contribution in [1.29, 1.82) is 0 Å². The first-order chi connectivity index (χ1) is 25.6. The van der Waals surface area contributed by atoms with E-state index in [1.165, 1.54) is 65.3 Å². The van der Waals surface area contributed by atoms with Gasteiger partial charge in [-0.25, -0.2) is 0 Å². The van der Waals surface area contributed by atoms with E-state index in [-0.39, 0.29) is 11.8 Å². The van der Waals surface area contributed by atoms with E-state index in [1.54, 1.807) is 0 Å². The Morgan fingerprint density at radius 3 is 1.88 bits per heavy atom. The van der Waals surface area contributed by atoms with Gasteiger partial charge in [0.15, 0.2) is 7.14 Å². The van der Waals surface area contributed by atoms with E-state index in [4.69, 9.17) is 0 Å². The highest BCUT2D eigenvalue weighted by molar-refractivity contribution is 7.85. The Morgan fingerprint density at radius 2 is 1.04 bits per heavy atom. The summed E-state index contributed by atoms with van der Waals surface area (Å²) in [6.07, 6.45) is 9.30. The van der Waals surface area contributed by atoms with Gasteiger partial charge in [-0.2, -0.15) is 0 Å². The van der Waals surface area contributed by atoms with Crippen LogP contribution in [0.3, 0.4) is 0 Å². The summed E-state index contributed by atoms with van der Waals surface area (Å²) < 4.78 is 16.1. The smallest absolute Gasteiger partial charge is 0.171 e. The fraction of sp³-hybridized carbons (Fsp3) is 0.0400. The molecule has 2 aliphatic carbocycles. The first kappa shape index (κ1) is 29.7. The van der Waals surface area contributed by atoms with Gasteiger partial charge in [0.1, 0.15) is 0 Å². The highest BCUT2D eigenvalue weighted by atomic mass is 31.2. The number of hydrogen-bond acceptors (Lipinski definition) is 1. The van der Waals surface area contributed by atoms with Gasteiger partial charge in [-0.15, -0.1) is 0 Å². The van der Waals surface area contributed by atoms with Crippen LogP contribution < -0.4 is 15.9 Å². The standard InChI is InChI=1S/C50H33OP/c51-52(40-14-2-1-3-15-40,41-16-6-12-38(30-41)43-26-22-36-20-18-32-8-4-10-34-24-28-45(43)49(36)47(32)34)42-17-7-13-39(31-42)44-27-23-37-21-19-33-9-5-11-35-25-29-46(44)50(37)48(33)35/h1-31,43,45H. The van der Waals surface area contributed by atoms with Crippen molar-refractivity contribution in [3.8, 4) is 11.1 Å². The number of allylic oxidation sites excluding steroid dienone is 2. The molecular weight excluding hydrogens is 648 g/mol. The first-order valence-corrected chi connectivity index (χ1v) is 19.8. The van der Waals surface area contributed by atoms with E-state index in [9.17, 15) is 0 Å². The molecule has 0 spiro atoms. The minimum Gasteiger partial charge on any atom is -0.309 e. The monoisotopic (exact) mass is 680 g/mol. The molecule has 52 heavy (non-hydrogen) atoms. The Kier molecular flexibility index (Phi) is 6.42. The summed E-state index contributed by atoms with van der Waals surface area (Å²) in [6.45, 7) is 0. The van der Waals surface area contributed by atoms with Crippen molar-refractivity contribution in [2.24, 2.45) is 0 Å². The molecule has 0 aromatic heterocycles. The third kappa shape index (κ3) is 4.27. The van der Waals surface area contributed by atoms with Gasteiger partial charge < -0.3 is 4.57 Å². The summed E-state index contributed by atoms with van der Waals surface area (Å²) in [5.41, 5.74) is 7.39. The lowest BCUT2D eigenvalue weighted by Gasteiger charge is -2.32. The normalized spacial score (nSPS) is 17.3. The fourth-order valence-electron chi connectivity index (χ4n) is 9.21. The van der Waals surface area contributed by atoms with Gasteiger partial charge in [-0.1, -0.05) is 176 Å². The summed E-state index contributed by atoms with van der Waals surface area (Å²) in [5.74, 6) is 0.346. The van der Waals surface area contributed by atoms with Crippen LogP contribution in [-0.2, 0) is 4.57 Å². The van der Waals surface area contributed by atoms with Crippen LogP contribution in [0.25, 0.3) is 66.4 Å². The van der Waals surface area contributed by atoms with Gasteiger partial charge in [-0.05, 0) is 88.6 Å². The van der Waals surface area contributed by atoms with Crippen LogP contribution in [0.5, 0.6) is 0 Å². The van der Waals surface area contributed by atoms with Gasteiger partial charge in [0.25, 0.3) is 0 Å². The maximum Gasteiger partial charge on any atom is 0.171 e. The van der Waals surface area contributed by atoms with Crippen LogP contribution in [0, 0.1) is 0 Å². The molecule has 0 fully saturated rings. The van der Waals surface area contributed by atoms with Crippen molar-refractivity contribution in [3.05, 3.63) is 198 Å². The van der Waals surface area contributed by atoms with E-state index in [2.05, 4.69) is 158 Å². The zero-order valence-electron chi connectivity index (χ0n) is 28.4. The number of rotatable bonds is 5. The molecule has 0 bridgehead atoms. The minimum absolute atomic E-state index is 0.135. The van der Waals surface area contributed by atoms with Crippen LogP contribution in [0.2, 0.25) is 0 Å². The first-order valence-electron chi connectivity index (χ1n) is 18.1. The highest BCUT2D eigenvalue weighted by Gasteiger charge is 2.34. The molecule has 0 saturated carbocycles. The predicted octanol–water partition coefficient (Wildman–Crippen LogP) is 12.0. The van der Waals surface area contributed by atoms with E-state index < -0.39 is 7.14 Å². The quantitative estimate of drug-likeness (QED) is 0.131. The molecule has 2 heteroatoms. The molecule has 3 unspecified atom stereocenters. The lowest BCUT2D eigenvalue weighted by Crippen LogP contribution is -2.26. The molecule has 1 nitrogen and oxygen atoms in total. The van der Waals surface area contributed by atoms with Gasteiger partial charge >= 0.3 is 0 Å². The summed E-state index contributed by atoms with van der Waals surface area (Å²) >= 11 is 0. The molecular formula is C50H33OP. The summed E-state index contributed by atoms with van der Waals surface area (Å²) in [7, 11) is -3.28. The van der Waals surface area contributed by atoms with Crippen molar-refractivity contribution in [2.75, 3.05) is 0 Å². The SMILES string of the molecule is O=P(c1ccccc1)(c1cccc(-c2ccc3ccc4cccc5ccc2c3c45)c1)c1cccc(C2C=Cc3ccc4cccc5c4c3C2C=C5)c1. The summed E-state index contributed by atoms with van der Waals surface area (Å²) in [6, 6.07) is 58.2. The zero-order valence-corrected chi connectivity index (χ0v) is 29.3. The van der Waals surface area contributed by atoms with Crippen molar-refractivity contribution in [2.45, 2.75) is 11.8 Å². The fourth-order valence-corrected chi connectivity index (χ4v) is 11.9. The summed E-state index contributed by atoms with van der Waals surface area (Å²) in [4.78, 5) is 0. The second-order valence-electron chi connectivity index (χ2n) is 14.3. The van der Waals surface area contributed by atoms with Crippen LogP contribution in [0.1, 0.15) is 34.1 Å². The van der Waals surface area contributed by atoms with E-state index in [0.29, 0.717) is 0 Å². The second-order valence-corrected chi connectivity index (χ2v) is 17.1. The van der Waals surface area contributed by atoms with Crippen LogP contribution in [-0.4, -0.2) is 0 Å². The lowest BCUT2D eigenvalue weighted by molar-refractivity contribution is 0.592. The number of hydrogen-bond donors (Lipinski definition) is 0. The maximum atomic E-state index is 16.1. The Labute approximate surface area is 302 Å². The molecule has 11 rings (SSSR count). The average Bonchev–Trinajstić information content (AvgIpc) is 3.22. The Hall–Kier alpha value is -6.01. The molecule has 9 aromatic rings. The van der Waals surface area contributed by atoms with Gasteiger partial charge in [0.05, 0.1) is 0 Å². The van der Waals surface area contributed by atoms with E-state index in [1.807, 2.05) is 30.3 Å². The van der Waals surface area contributed by atoms with Gasteiger partial charge in [0, 0.05) is 27.7 Å². The molecule has 0 N–H and O–H groups in total. The zero-order chi connectivity index (χ0) is 34.4. The summed E-state index contributed by atoms with van der Waals surface area (Å²) in [5, 5.41) is 12.7. The molecule has 9 aromatic carbocycles. The minimum atomic E-state index is -3.28.